The highest BCUT2D eigenvalue weighted by atomic mass is 32.2. The number of aliphatic hydroxyl groups excluding tert-OH is 1. The zero-order chi connectivity index (χ0) is 13.6. The van der Waals surface area contributed by atoms with E-state index in [0.717, 1.165) is 0 Å². The number of rotatable bonds is 7. The third-order valence-corrected chi connectivity index (χ3v) is 3.86. The van der Waals surface area contributed by atoms with Gasteiger partial charge in [-0.25, -0.2) is 13.1 Å². The minimum atomic E-state index is -3.37. The number of nitrogens with two attached hydrogens (primary N) is 1. The van der Waals surface area contributed by atoms with E-state index in [4.69, 9.17) is 10.8 Å². The number of nitrogen functional groups attached to an aromatic ring is 1. The average Bonchev–Trinajstić information content (AvgIpc) is 2.27. The van der Waals surface area contributed by atoms with E-state index in [0.29, 0.717) is 30.6 Å². The van der Waals surface area contributed by atoms with Gasteiger partial charge in [0.05, 0.1) is 11.9 Å². The molecule has 1 unspecified atom stereocenters. The van der Waals surface area contributed by atoms with Crippen LogP contribution in [0.5, 0.6) is 0 Å². The molecule has 0 radical (unpaired) electrons. The smallest absolute Gasteiger partial charge is 0.215 e. The van der Waals surface area contributed by atoms with E-state index in [1.165, 1.54) is 0 Å². The predicted molar refractivity (Wildman–Crippen MR) is 72.4 cm³/mol. The van der Waals surface area contributed by atoms with Gasteiger partial charge in [0.1, 0.15) is 0 Å². The summed E-state index contributed by atoms with van der Waals surface area (Å²) in [7, 11) is -3.37. The second-order valence-electron chi connectivity index (χ2n) is 4.34. The summed E-state index contributed by atoms with van der Waals surface area (Å²) in [5, 5.41) is 9.06. The summed E-state index contributed by atoms with van der Waals surface area (Å²) in [6, 6.07) is 6.90. The molecule has 1 aromatic rings. The predicted octanol–water partition coefficient (Wildman–Crippen LogP) is 0.849. The monoisotopic (exact) mass is 272 g/mol. The van der Waals surface area contributed by atoms with Gasteiger partial charge in [0.15, 0.2) is 0 Å². The molecular formula is C12H20N2O3S. The van der Waals surface area contributed by atoms with Crippen molar-refractivity contribution in [1.82, 2.24) is 4.72 Å². The van der Waals surface area contributed by atoms with Crippen molar-refractivity contribution in [3.63, 3.8) is 0 Å². The lowest BCUT2D eigenvalue weighted by molar-refractivity contribution is 0.182. The second-order valence-corrected chi connectivity index (χ2v) is 6.15. The molecule has 0 aliphatic rings. The van der Waals surface area contributed by atoms with E-state index in [2.05, 4.69) is 4.72 Å². The lowest BCUT2D eigenvalue weighted by Gasteiger charge is -2.09. The molecule has 0 amide bonds. The van der Waals surface area contributed by atoms with Gasteiger partial charge in [-0.3, -0.25) is 0 Å². The summed E-state index contributed by atoms with van der Waals surface area (Å²) in [6.45, 7) is 2.01. The normalized spacial score (nSPS) is 13.4. The van der Waals surface area contributed by atoms with E-state index in [1.54, 1.807) is 31.2 Å². The topological polar surface area (TPSA) is 92.4 Å². The molecule has 0 spiro atoms. The van der Waals surface area contributed by atoms with E-state index in [-0.39, 0.29) is 5.75 Å². The lowest BCUT2D eigenvalue weighted by Crippen LogP contribution is -2.27. The van der Waals surface area contributed by atoms with Crippen LogP contribution < -0.4 is 10.5 Å². The van der Waals surface area contributed by atoms with Gasteiger partial charge in [-0.2, -0.15) is 0 Å². The van der Waals surface area contributed by atoms with Gasteiger partial charge >= 0.3 is 0 Å². The molecule has 18 heavy (non-hydrogen) atoms. The third-order valence-electron chi connectivity index (χ3n) is 2.52. The molecule has 0 saturated heterocycles. The molecule has 0 bridgehead atoms. The number of hydrogen-bond donors (Lipinski definition) is 3. The Morgan fingerprint density at radius 3 is 2.67 bits per heavy atom. The zero-order valence-corrected chi connectivity index (χ0v) is 11.3. The fourth-order valence-corrected chi connectivity index (χ4v) is 2.78. The van der Waals surface area contributed by atoms with Crippen LogP contribution >= 0.6 is 0 Å². The van der Waals surface area contributed by atoms with Crippen molar-refractivity contribution in [3.8, 4) is 0 Å². The number of para-hydroxylation sites is 1. The molecule has 0 aliphatic carbocycles. The summed E-state index contributed by atoms with van der Waals surface area (Å²) in [4.78, 5) is 0. The number of nitrogens with one attached hydrogen (secondary N) is 1. The summed E-state index contributed by atoms with van der Waals surface area (Å²) >= 11 is 0. The highest BCUT2D eigenvalue weighted by Crippen LogP contribution is 2.13. The standard InChI is InChI=1S/C12H20N2O3S/c1-10(15)5-4-8-14-18(16,17)9-11-6-2-3-7-12(11)13/h2-3,6-7,10,14-15H,4-5,8-9,13H2,1H3. The van der Waals surface area contributed by atoms with E-state index >= 15 is 0 Å². The molecule has 0 saturated carbocycles. The third kappa shape index (κ3) is 5.48. The van der Waals surface area contributed by atoms with Gasteiger partial charge in [-0.1, -0.05) is 18.2 Å². The van der Waals surface area contributed by atoms with Crippen LogP contribution in [0.3, 0.4) is 0 Å². The fourth-order valence-electron chi connectivity index (χ4n) is 1.55. The maximum Gasteiger partial charge on any atom is 0.215 e. The quantitative estimate of drug-likeness (QED) is 0.507. The van der Waals surface area contributed by atoms with E-state index < -0.39 is 16.1 Å². The maximum absolute atomic E-state index is 11.8. The first-order chi connectivity index (χ1) is 8.41. The molecule has 0 fully saturated rings. The Kier molecular flexibility index (Phi) is 5.58. The first-order valence-corrected chi connectivity index (χ1v) is 7.55. The van der Waals surface area contributed by atoms with Crippen LogP contribution in [0.1, 0.15) is 25.3 Å². The van der Waals surface area contributed by atoms with Crippen molar-refractivity contribution in [2.45, 2.75) is 31.6 Å². The minimum Gasteiger partial charge on any atom is -0.398 e. The number of sulfonamides is 1. The van der Waals surface area contributed by atoms with Crippen LogP contribution in [0.15, 0.2) is 24.3 Å². The van der Waals surface area contributed by atoms with E-state index in [1.807, 2.05) is 0 Å². The molecule has 1 rings (SSSR count). The Hall–Kier alpha value is -1.11. The Morgan fingerprint density at radius 1 is 1.39 bits per heavy atom. The van der Waals surface area contributed by atoms with Crippen molar-refractivity contribution >= 4 is 15.7 Å². The van der Waals surface area contributed by atoms with E-state index in [9.17, 15) is 8.42 Å². The Morgan fingerprint density at radius 2 is 2.06 bits per heavy atom. The van der Waals surface area contributed by atoms with Crippen molar-refractivity contribution in [1.29, 1.82) is 0 Å². The second kappa shape index (κ2) is 6.72. The molecule has 6 heteroatoms. The molecule has 1 atom stereocenters. The van der Waals surface area contributed by atoms with Crippen molar-refractivity contribution in [2.75, 3.05) is 12.3 Å². The Bertz CT molecular complexity index is 472. The maximum atomic E-state index is 11.8. The Labute approximate surface area is 108 Å². The van der Waals surface area contributed by atoms with Gasteiger partial charge < -0.3 is 10.8 Å². The summed E-state index contributed by atoms with van der Waals surface area (Å²) < 4.78 is 26.0. The number of aliphatic hydroxyl groups is 1. The van der Waals surface area contributed by atoms with Crippen LogP contribution in [0.4, 0.5) is 5.69 Å². The number of benzene rings is 1. The van der Waals surface area contributed by atoms with Gasteiger partial charge in [-0.05, 0) is 31.4 Å². The van der Waals surface area contributed by atoms with Gasteiger partial charge in [-0.15, -0.1) is 0 Å². The number of hydrogen-bond acceptors (Lipinski definition) is 4. The largest absolute Gasteiger partial charge is 0.398 e. The summed E-state index contributed by atoms with van der Waals surface area (Å²) in [5.74, 6) is -0.117. The summed E-state index contributed by atoms with van der Waals surface area (Å²) in [6.07, 6.45) is 0.788. The number of anilines is 1. The van der Waals surface area contributed by atoms with Gasteiger partial charge in [0.2, 0.25) is 10.0 Å². The molecule has 4 N–H and O–H groups in total. The highest BCUT2D eigenvalue weighted by molar-refractivity contribution is 7.88. The van der Waals surface area contributed by atoms with Crippen LogP contribution in [-0.4, -0.2) is 26.2 Å². The SMILES string of the molecule is CC(O)CCCNS(=O)(=O)Cc1ccccc1N. The summed E-state index contributed by atoms with van der Waals surface area (Å²) in [5.41, 5.74) is 6.77. The molecule has 102 valence electrons. The molecule has 0 heterocycles. The van der Waals surface area contributed by atoms with Gasteiger partial charge in [0, 0.05) is 12.2 Å². The molecule has 5 nitrogen and oxygen atoms in total. The van der Waals surface area contributed by atoms with Gasteiger partial charge in [0.25, 0.3) is 0 Å². The van der Waals surface area contributed by atoms with Crippen LogP contribution in [-0.2, 0) is 15.8 Å². The average molecular weight is 272 g/mol. The van der Waals surface area contributed by atoms with Crippen molar-refractivity contribution in [2.24, 2.45) is 0 Å². The van der Waals surface area contributed by atoms with Crippen molar-refractivity contribution < 1.29 is 13.5 Å². The minimum absolute atomic E-state index is 0.117. The van der Waals surface area contributed by atoms with Crippen LogP contribution in [0, 0.1) is 0 Å². The first-order valence-electron chi connectivity index (χ1n) is 5.89. The van der Waals surface area contributed by atoms with Crippen LogP contribution in [0.25, 0.3) is 0 Å². The zero-order valence-electron chi connectivity index (χ0n) is 10.5. The lowest BCUT2D eigenvalue weighted by atomic mass is 10.2. The van der Waals surface area contributed by atoms with Crippen molar-refractivity contribution in [3.05, 3.63) is 29.8 Å². The van der Waals surface area contributed by atoms with Crippen LogP contribution in [0.2, 0.25) is 0 Å². The molecular weight excluding hydrogens is 252 g/mol. The Balaban J connectivity index is 2.48. The molecule has 1 aromatic carbocycles. The fraction of sp³-hybridized carbons (Fsp3) is 0.500. The molecule has 0 aromatic heterocycles. The highest BCUT2D eigenvalue weighted by Gasteiger charge is 2.12. The first kappa shape index (κ1) is 14.9. The molecule has 0 aliphatic heterocycles.